The van der Waals surface area contributed by atoms with E-state index < -0.39 is 35.4 Å². The van der Waals surface area contributed by atoms with E-state index in [4.69, 9.17) is 4.74 Å². The number of nitrogens with one attached hydrogen (secondary N) is 2. The molecule has 0 saturated heterocycles. The summed E-state index contributed by atoms with van der Waals surface area (Å²) in [6.45, 7) is 5.07. The molecule has 0 aliphatic carbocycles. The molecule has 1 unspecified atom stereocenters. The number of halogens is 3. The quantitative estimate of drug-likeness (QED) is 0.306. The van der Waals surface area contributed by atoms with Crippen LogP contribution in [0.5, 0.6) is 0 Å². The van der Waals surface area contributed by atoms with Gasteiger partial charge in [-0.3, -0.25) is 4.79 Å². The second-order valence-corrected chi connectivity index (χ2v) is 10.4. The Morgan fingerprint density at radius 1 is 0.892 bits per heavy atom. The Bertz CT molecular complexity index is 1200. The van der Waals surface area contributed by atoms with Crippen LogP contribution >= 0.6 is 11.8 Å². The molecule has 0 aliphatic heterocycles. The number of rotatable bonds is 8. The number of carbonyl (C=O) groups excluding carboxylic acids is 2. The summed E-state index contributed by atoms with van der Waals surface area (Å²) in [7, 11) is 0. The Labute approximate surface area is 218 Å². The first-order valence-corrected chi connectivity index (χ1v) is 12.6. The molecule has 0 aliphatic rings. The first-order chi connectivity index (χ1) is 17.4. The van der Waals surface area contributed by atoms with Gasteiger partial charge in [0.15, 0.2) is 0 Å². The lowest BCUT2D eigenvalue weighted by Gasteiger charge is -2.23. The number of ether oxygens (including phenoxy) is 1. The predicted octanol–water partition coefficient (Wildman–Crippen LogP) is 7.07. The first-order valence-electron chi connectivity index (χ1n) is 11.6. The van der Waals surface area contributed by atoms with Crippen molar-refractivity contribution in [1.82, 2.24) is 5.32 Å². The van der Waals surface area contributed by atoms with E-state index in [1.54, 1.807) is 45.0 Å². The summed E-state index contributed by atoms with van der Waals surface area (Å²) in [5.41, 5.74) is 0.0147. The molecule has 3 aromatic carbocycles. The second-order valence-electron chi connectivity index (χ2n) is 9.36. The number of hydrogen-bond acceptors (Lipinski definition) is 4. The van der Waals surface area contributed by atoms with E-state index in [-0.39, 0.29) is 17.0 Å². The van der Waals surface area contributed by atoms with Crippen LogP contribution in [0.15, 0.2) is 83.8 Å². The van der Waals surface area contributed by atoms with Crippen LogP contribution in [-0.4, -0.2) is 23.6 Å². The van der Waals surface area contributed by atoms with Crippen molar-refractivity contribution in [3.05, 3.63) is 95.6 Å². The van der Waals surface area contributed by atoms with Crippen molar-refractivity contribution in [2.45, 2.75) is 55.7 Å². The van der Waals surface area contributed by atoms with Crippen molar-refractivity contribution < 1.29 is 27.5 Å². The summed E-state index contributed by atoms with van der Waals surface area (Å²) >= 11 is 1.07. The lowest BCUT2D eigenvalue weighted by molar-refractivity contribution is -0.139. The number of carbonyl (C=O) groups is 2. The molecule has 37 heavy (non-hydrogen) atoms. The van der Waals surface area contributed by atoms with Crippen molar-refractivity contribution in [3.63, 3.8) is 0 Å². The van der Waals surface area contributed by atoms with Crippen molar-refractivity contribution in [2.75, 3.05) is 5.32 Å². The lowest BCUT2D eigenvalue weighted by atomic mass is 10.1. The smallest absolute Gasteiger partial charge is 0.417 e. The number of anilines is 1. The van der Waals surface area contributed by atoms with Crippen molar-refractivity contribution in [2.24, 2.45) is 0 Å². The molecule has 196 valence electrons. The van der Waals surface area contributed by atoms with E-state index in [0.29, 0.717) is 5.75 Å². The molecule has 0 bridgehead atoms. The topological polar surface area (TPSA) is 67.4 Å². The molecule has 2 amide bonds. The first kappa shape index (κ1) is 28.1. The monoisotopic (exact) mass is 530 g/mol. The fourth-order valence-electron chi connectivity index (χ4n) is 3.43. The van der Waals surface area contributed by atoms with E-state index in [1.807, 2.05) is 36.4 Å². The van der Waals surface area contributed by atoms with Crippen LogP contribution in [0.25, 0.3) is 0 Å². The molecule has 3 aromatic rings. The van der Waals surface area contributed by atoms with Gasteiger partial charge in [0, 0.05) is 22.8 Å². The van der Waals surface area contributed by atoms with E-state index in [9.17, 15) is 22.8 Å². The van der Waals surface area contributed by atoms with Gasteiger partial charge in [-0.25, -0.2) is 4.79 Å². The maximum Gasteiger partial charge on any atom is 0.417 e. The lowest BCUT2D eigenvalue weighted by Crippen LogP contribution is -2.47. The number of alkyl carbamates (subject to hydrolysis) is 1. The van der Waals surface area contributed by atoms with E-state index in [2.05, 4.69) is 10.6 Å². The minimum Gasteiger partial charge on any atom is -0.444 e. The number of benzene rings is 3. The normalized spacial score (nSPS) is 12.5. The Morgan fingerprint density at radius 2 is 1.49 bits per heavy atom. The highest BCUT2D eigenvalue weighted by Crippen LogP contribution is 2.39. The Kier molecular flexibility index (Phi) is 9.26. The SMILES string of the molecule is CC(C)(C)OC(=O)NC(Cc1ccccc1)C(=O)Nc1ccc(SCc2ccccc2)c(C(F)(F)F)c1. The summed E-state index contributed by atoms with van der Waals surface area (Å²) in [5, 5.41) is 5.06. The molecule has 9 heteroatoms. The Balaban J connectivity index is 1.79. The van der Waals surface area contributed by atoms with Crippen LogP contribution < -0.4 is 10.6 Å². The molecule has 0 radical (unpaired) electrons. The third-order valence-corrected chi connectivity index (χ3v) is 6.22. The van der Waals surface area contributed by atoms with Gasteiger partial charge in [0.25, 0.3) is 0 Å². The van der Waals surface area contributed by atoms with Crippen LogP contribution in [0.1, 0.15) is 37.5 Å². The van der Waals surface area contributed by atoms with Gasteiger partial charge in [-0.2, -0.15) is 13.2 Å². The van der Waals surface area contributed by atoms with Crippen LogP contribution in [0, 0.1) is 0 Å². The van der Waals surface area contributed by atoms with Crippen molar-refractivity contribution >= 4 is 29.4 Å². The summed E-state index contributed by atoms with van der Waals surface area (Å²) < 4.78 is 46.9. The molecular weight excluding hydrogens is 501 g/mol. The van der Waals surface area contributed by atoms with E-state index in [1.165, 1.54) is 12.1 Å². The molecule has 0 aromatic heterocycles. The molecule has 5 nitrogen and oxygen atoms in total. The maximum atomic E-state index is 13.9. The largest absolute Gasteiger partial charge is 0.444 e. The van der Waals surface area contributed by atoms with Gasteiger partial charge in [0.05, 0.1) is 5.56 Å². The summed E-state index contributed by atoms with van der Waals surface area (Å²) in [6, 6.07) is 20.8. The van der Waals surface area contributed by atoms with Gasteiger partial charge in [0.1, 0.15) is 11.6 Å². The minimum atomic E-state index is -4.61. The highest BCUT2D eigenvalue weighted by Gasteiger charge is 2.34. The van der Waals surface area contributed by atoms with Crippen LogP contribution in [0.2, 0.25) is 0 Å². The zero-order chi connectivity index (χ0) is 27.1. The zero-order valence-electron chi connectivity index (χ0n) is 20.8. The number of alkyl halides is 3. The van der Waals surface area contributed by atoms with Gasteiger partial charge in [-0.1, -0.05) is 60.7 Å². The summed E-state index contributed by atoms with van der Waals surface area (Å²) in [6.07, 6.45) is -5.28. The molecular formula is C28H29F3N2O3S. The third kappa shape index (κ3) is 9.17. The second kappa shape index (κ2) is 12.2. The third-order valence-electron chi connectivity index (χ3n) is 5.08. The number of amides is 2. The molecule has 0 heterocycles. The number of hydrogen-bond donors (Lipinski definition) is 2. The number of thioether (sulfide) groups is 1. The van der Waals surface area contributed by atoms with E-state index in [0.717, 1.165) is 29.0 Å². The van der Waals surface area contributed by atoms with E-state index >= 15 is 0 Å². The van der Waals surface area contributed by atoms with Crippen LogP contribution in [0.3, 0.4) is 0 Å². The van der Waals surface area contributed by atoms with Gasteiger partial charge >= 0.3 is 12.3 Å². The van der Waals surface area contributed by atoms with Crippen LogP contribution in [0.4, 0.5) is 23.7 Å². The standard InChI is InChI=1S/C28H29F3N2O3S/c1-27(2,3)36-26(35)33-23(16-19-10-6-4-7-11-19)25(34)32-21-14-15-24(22(17-21)28(29,30)31)37-18-20-12-8-5-9-13-20/h4-15,17,23H,16,18H2,1-3H3,(H,32,34)(H,33,35). The van der Waals surface area contributed by atoms with Gasteiger partial charge in [0.2, 0.25) is 5.91 Å². The molecule has 1 atom stereocenters. The average Bonchev–Trinajstić information content (AvgIpc) is 2.82. The van der Waals surface area contributed by atoms with Gasteiger partial charge in [-0.05, 0) is 50.1 Å². The van der Waals surface area contributed by atoms with Crippen molar-refractivity contribution in [3.8, 4) is 0 Å². The molecule has 3 rings (SSSR count). The highest BCUT2D eigenvalue weighted by atomic mass is 32.2. The van der Waals surface area contributed by atoms with Crippen molar-refractivity contribution in [1.29, 1.82) is 0 Å². The predicted molar refractivity (Wildman–Crippen MR) is 139 cm³/mol. The van der Waals surface area contributed by atoms with Crippen LogP contribution in [-0.2, 0) is 27.9 Å². The Morgan fingerprint density at radius 3 is 2.05 bits per heavy atom. The molecule has 2 N–H and O–H groups in total. The Hall–Kier alpha value is -3.46. The molecule has 0 spiro atoms. The van der Waals surface area contributed by atoms with Gasteiger partial charge < -0.3 is 15.4 Å². The van der Waals surface area contributed by atoms with Gasteiger partial charge in [-0.15, -0.1) is 11.8 Å². The fourth-order valence-corrected chi connectivity index (χ4v) is 4.44. The fraction of sp³-hybridized carbons (Fsp3) is 0.286. The summed E-state index contributed by atoms with van der Waals surface area (Å²) in [5.74, 6) is -0.290. The summed E-state index contributed by atoms with van der Waals surface area (Å²) in [4.78, 5) is 25.5. The highest BCUT2D eigenvalue weighted by molar-refractivity contribution is 7.98. The minimum absolute atomic E-state index is 0.0227. The zero-order valence-corrected chi connectivity index (χ0v) is 21.6. The maximum absolute atomic E-state index is 13.9. The molecule has 0 fully saturated rings. The molecule has 0 saturated carbocycles. The average molecular weight is 531 g/mol.